The van der Waals surface area contributed by atoms with Gasteiger partial charge in [-0.05, 0) is 50.8 Å². The van der Waals surface area contributed by atoms with Crippen molar-refractivity contribution >= 4 is 5.91 Å². The molecule has 6 nitrogen and oxygen atoms in total. The molecule has 3 rings (SSSR count). The number of ether oxygens (including phenoxy) is 2. The molecule has 0 spiro atoms. The van der Waals surface area contributed by atoms with Crippen LogP contribution >= 0.6 is 0 Å². The molecule has 1 N–H and O–H groups in total. The molecule has 1 atom stereocenters. The van der Waals surface area contributed by atoms with Crippen LogP contribution in [0.25, 0.3) is 0 Å². The molecule has 0 aromatic heterocycles. The number of piperidine rings is 1. The first kappa shape index (κ1) is 20.0. The van der Waals surface area contributed by atoms with Gasteiger partial charge in [0.15, 0.2) is 18.1 Å². The minimum absolute atomic E-state index is 0.0658. The Bertz CT molecular complexity index is 617. The summed E-state index contributed by atoms with van der Waals surface area (Å²) in [6, 6.07) is 6.59. The van der Waals surface area contributed by atoms with E-state index in [0.717, 1.165) is 57.9 Å². The number of nitrogens with zero attached hydrogens (tertiary/aromatic N) is 2. The van der Waals surface area contributed by atoms with Crippen LogP contribution in [-0.2, 0) is 11.3 Å². The van der Waals surface area contributed by atoms with Gasteiger partial charge in [0.25, 0.3) is 5.91 Å². The van der Waals surface area contributed by atoms with Crippen molar-refractivity contribution < 1.29 is 14.3 Å². The Morgan fingerprint density at radius 1 is 1.15 bits per heavy atom. The molecule has 150 valence electrons. The number of carbonyl (C=O) groups is 1. The lowest BCUT2D eigenvalue weighted by Gasteiger charge is -2.32. The van der Waals surface area contributed by atoms with E-state index >= 15 is 0 Å². The van der Waals surface area contributed by atoms with Crippen molar-refractivity contribution in [2.45, 2.75) is 45.7 Å². The molecule has 1 amide bonds. The van der Waals surface area contributed by atoms with E-state index in [-0.39, 0.29) is 12.5 Å². The fourth-order valence-electron chi connectivity index (χ4n) is 3.83. The smallest absolute Gasteiger partial charge is 0.260 e. The molecule has 0 radical (unpaired) electrons. The molecule has 2 aliphatic heterocycles. The van der Waals surface area contributed by atoms with Gasteiger partial charge in [0, 0.05) is 45.3 Å². The number of nitrogens with one attached hydrogen (secondary N) is 1. The normalized spacial score (nSPS) is 21.1. The first-order valence-electron chi connectivity index (χ1n) is 10.3. The van der Waals surface area contributed by atoms with Crippen LogP contribution in [0.1, 0.15) is 38.7 Å². The molecule has 1 aromatic carbocycles. The van der Waals surface area contributed by atoms with Crippen LogP contribution in [-0.4, -0.2) is 67.7 Å². The SMILES string of the molecule is CCOc1cc(CN2CCNC(C)C2)ccc1OCC(=O)N1CCCCC1. The second-order valence-corrected chi connectivity index (χ2v) is 7.53. The van der Waals surface area contributed by atoms with Gasteiger partial charge in [-0.25, -0.2) is 0 Å². The first-order valence-corrected chi connectivity index (χ1v) is 10.3. The van der Waals surface area contributed by atoms with Crippen molar-refractivity contribution in [1.29, 1.82) is 0 Å². The highest BCUT2D eigenvalue weighted by atomic mass is 16.5. The maximum Gasteiger partial charge on any atom is 0.260 e. The van der Waals surface area contributed by atoms with Gasteiger partial charge in [-0.1, -0.05) is 6.07 Å². The lowest BCUT2D eigenvalue weighted by Crippen LogP contribution is -2.48. The van der Waals surface area contributed by atoms with Crippen LogP contribution in [0.3, 0.4) is 0 Å². The third kappa shape index (κ3) is 5.84. The van der Waals surface area contributed by atoms with Crippen molar-refractivity contribution in [3.63, 3.8) is 0 Å². The summed E-state index contributed by atoms with van der Waals surface area (Å²) in [4.78, 5) is 16.7. The van der Waals surface area contributed by atoms with Crippen LogP contribution < -0.4 is 14.8 Å². The lowest BCUT2D eigenvalue weighted by molar-refractivity contribution is -0.134. The Kier molecular flexibility index (Phi) is 7.35. The van der Waals surface area contributed by atoms with Crippen LogP contribution in [0.2, 0.25) is 0 Å². The number of benzene rings is 1. The number of piperazine rings is 1. The zero-order valence-electron chi connectivity index (χ0n) is 16.7. The van der Waals surface area contributed by atoms with Gasteiger partial charge in [0.2, 0.25) is 0 Å². The molecule has 1 unspecified atom stereocenters. The minimum atomic E-state index is 0.0658. The van der Waals surface area contributed by atoms with E-state index in [1.165, 1.54) is 12.0 Å². The Hall–Kier alpha value is -1.79. The van der Waals surface area contributed by atoms with E-state index in [1.807, 2.05) is 17.9 Å². The fraction of sp³-hybridized carbons (Fsp3) is 0.667. The van der Waals surface area contributed by atoms with Gasteiger partial charge in [-0.2, -0.15) is 0 Å². The topological polar surface area (TPSA) is 54.0 Å². The van der Waals surface area contributed by atoms with E-state index < -0.39 is 0 Å². The molecule has 2 heterocycles. The Balaban J connectivity index is 1.59. The quantitative estimate of drug-likeness (QED) is 0.792. The number of carbonyl (C=O) groups excluding carboxylic acids is 1. The molecule has 2 saturated heterocycles. The third-order valence-corrected chi connectivity index (χ3v) is 5.23. The summed E-state index contributed by atoms with van der Waals surface area (Å²) in [5.41, 5.74) is 1.21. The number of amides is 1. The van der Waals surface area contributed by atoms with E-state index in [4.69, 9.17) is 9.47 Å². The van der Waals surface area contributed by atoms with Crippen molar-refractivity contribution in [1.82, 2.24) is 15.1 Å². The highest BCUT2D eigenvalue weighted by Gasteiger charge is 2.19. The second kappa shape index (κ2) is 9.95. The molecule has 0 bridgehead atoms. The van der Waals surface area contributed by atoms with Gasteiger partial charge in [0.1, 0.15) is 0 Å². The predicted octanol–water partition coefficient (Wildman–Crippen LogP) is 2.27. The molecular weight excluding hydrogens is 342 g/mol. The van der Waals surface area contributed by atoms with Crippen LogP contribution in [0.5, 0.6) is 11.5 Å². The van der Waals surface area contributed by atoms with E-state index in [0.29, 0.717) is 18.4 Å². The van der Waals surface area contributed by atoms with Crippen molar-refractivity contribution in [2.24, 2.45) is 0 Å². The van der Waals surface area contributed by atoms with Gasteiger partial charge in [-0.15, -0.1) is 0 Å². The van der Waals surface area contributed by atoms with E-state index in [2.05, 4.69) is 29.3 Å². The minimum Gasteiger partial charge on any atom is -0.490 e. The third-order valence-electron chi connectivity index (χ3n) is 5.23. The Morgan fingerprint density at radius 2 is 1.96 bits per heavy atom. The van der Waals surface area contributed by atoms with Gasteiger partial charge >= 0.3 is 0 Å². The molecule has 2 aliphatic rings. The summed E-state index contributed by atoms with van der Waals surface area (Å²) in [5.74, 6) is 1.44. The molecule has 6 heteroatoms. The van der Waals surface area contributed by atoms with Crippen LogP contribution in [0.15, 0.2) is 18.2 Å². The van der Waals surface area contributed by atoms with E-state index in [1.54, 1.807) is 0 Å². The molecule has 1 aromatic rings. The summed E-state index contributed by atoms with van der Waals surface area (Å²) in [7, 11) is 0. The molecule has 27 heavy (non-hydrogen) atoms. The highest BCUT2D eigenvalue weighted by Crippen LogP contribution is 2.29. The molecule has 2 fully saturated rings. The monoisotopic (exact) mass is 375 g/mol. The van der Waals surface area contributed by atoms with Gasteiger partial charge in [0.05, 0.1) is 6.61 Å². The number of likely N-dealkylation sites (tertiary alicyclic amines) is 1. The van der Waals surface area contributed by atoms with Crippen molar-refractivity contribution in [2.75, 3.05) is 45.9 Å². The average molecular weight is 376 g/mol. The number of hydrogen-bond acceptors (Lipinski definition) is 5. The maximum absolute atomic E-state index is 12.3. The lowest BCUT2D eigenvalue weighted by atomic mass is 10.1. The standard InChI is InChI=1S/C21H33N3O3/c1-3-26-20-13-18(15-23-12-9-22-17(2)14-23)7-8-19(20)27-16-21(25)24-10-5-4-6-11-24/h7-8,13,17,22H,3-6,9-12,14-16H2,1-2H3. The average Bonchev–Trinajstić information content (AvgIpc) is 2.68. The zero-order valence-corrected chi connectivity index (χ0v) is 16.7. The summed E-state index contributed by atoms with van der Waals surface area (Å²) < 4.78 is 11.6. The summed E-state index contributed by atoms with van der Waals surface area (Å²) in [5, 5.41) is 3.47. The largest absolute Gasteiger partial charge is 0.490 e. The second-order valence-electron chi connectivity index (χ2n) is 7.53. The number of hydrogen-bond donors (Lipinski definition) is 1. The number of rotatable bonds is 7. The zero-order chi connectivity index (χ0) is 19.1. The van der Waals surface area contributed by atoms with Crippen LogP contribution in [0, 0.1) is 0 Å². The van der Waals surface area contributed by atoms with Crippen molar-refractivity contribution in [3.8, 4) is 11.5 Å². The molecule has 0 aliphatic carbocycles. The Morgan fingerprint density at radius 3 is 2.70 bits per heavy atom. The van der Waals surface area contributed by atoms with Gasteiger partial charge < -0.3 is 19.7 Å². The fourth-order valence-corrected chi connectivity index (χ4v) is 3.83. The van der Waals surface area contributed by atoms with Crippen LogP contribution in [0.4, 0.5) is 0 Å². The van der Waals surface area contributed by atoms with Crippen molar-refractivity contribution in [3.05, 3.63) is 23.8 Å². The predicted molar refractivity (Wildman–Crippen MR) is 106 cm³/mol. The van der Waals surface area contributed by atoms with Gasteiger partial charge in [-0.3, -0.25) is 9.69 Å². The summed E-state index contributed by atoms with van der Waals surface area (Å²) in [6.07, 6.45) is 3.40. The maximum atomic E-state index is 12.3. The first-order chi connectivity index (χ1) is 13.2. The molecule has 0 saturated carbocycles. The summed E-state index contributed by atoms with van der Waals surface area (Å²) in [6.45, 7) is 10.6. The Labute approximate surface area is 162 Å². The van der Waals surface area contributed by atoms with E-state index in [9.17, 15) is 4.79 Å². The molecular formula is C21H33N3O3. The highest BCUT2D eigenvalue weighted by molar-refractivity contribution is 5.78. The summed E-state index contributed by atoms with van der Waals surface area (Å²) >= 11 is 0.